The van der Waals surface area contributed by atoms with Crippen molar-refractivity contribution < 1.29 is 14.6 Å². The summed E-state index contributed by atoms with van der Waals surface area (Å²) in [5.74, 6) is 0.827. The zero-order chi connectivity index (χ0) is 14.4. The fourth-order valence-electron chi connectivity index (χ4n) is 1.94. The molecule has 0 amide bonds. The Morgan fingerprint density at radius 2 is 1.70 bits per heavy atom. The molecule has 2 aromatic carbocycles. The molecular formula is C16H19O3P. The predicted molar refractivity (Wildman–Crippen MR) is 83.6 cm³/mol. The van der Waals surface area contributed by atoms with Crippen LogP contribution in [0.1, 0.15) is 18.6 Å². The largest absolute Gasteiger partial charge is 0.467 e. The first-order chi connectivity index (χ1) is 9.72. The molecule has 2 atom stereocenters. The van der Waals surface area contributed by atoms with Crippen molar-refractivity contribution in [3.8, 4) is 5.75 Å². The summed E-state index contributed by atoms with van der Waals surface area (Å²) >= 11 is 0. The van der Waals surface area contributed by atoms with Crippen molar-refractivity contribution in [3.05, 3.63) is 54.1 Å². The van der Waals surface area contributed by atoms with Gasteiger partial charge in [-0.15, -0.1) is 0 Å². The highest BCUT2D eigenvalue weighted by Gasteiger charge is 2.10. The lowest BCUT2D eigenvalue weighted by Gasteiger charge is -2.14. The van der Waals surface area contributed by atoms with Crippen molar-refractivity contribution in [2.24, 2.45) is 0 Å². The van der Waals surface area contributed by atoms with Crippen molar-refractivity contribution >= 4 is 19.2 Å². The third-order valence-electron chi connectivity index (χ3n) is 2.90. The summed E-state index contributed by atoms with van der Waals surface area (Å²) in [6, 6.07) is 15.9. The van der Waals surface area contributed by atoms with E-state index in [0.29, 0.717) is 8.58 Å². The molecule has 2 unspecified atom stereocenters. The first kappa shape index (κ1) is 15.0. The van der Waals surface area contributed by atoms with Gasteiger partial charge < -0.3 is 14.6 Å². The molecule has 0 heterocycles. The van der Waals surface area contributed by atoms with Crippen molar-refractivity contribution in [1.29, 1.82) is 0 Å². The predicted octanol–water partition coefficient (Wildman–Crippen LogP) is 2.35. The maximum Gasteiger partial charge on any atom is 0.188 e. The van der Waals surface area contributed by atoms with Crippen molar-refractivity contribution in [3.63, 3.8) is 0 Å². The van der Waals surface area contributed by atoms with E-state index in [0.717, 1.165) is 21.9 Å². The molecule has 0 fully saturated rings. The van der Waals surface area contributed by atoms with Crippen LogP contribution in [0.4, 0.5) is 0 Å². The number of hydrogen-bond donors (Lipinski definition) is 1. The molecule has 2 aromatic rings. The molecule has 20 heavy (non-hydrogen) atoms. The van der Waals surface area contributed by atoms with Gasteiger partial charge in [-0.05, 0) is 23.9 Å². The zero-order valence-corrected chi connectivity index (χ0v) is 12.7. The number of aliphatic hydroxyl groups is 1. The van der Waals surface area contributed by atoms with Gasteiger partial charge in [0.1, 0.15) is 5.75 Å². The molecule has 2 rings (SSSR count). The number of rotatable bonds is 6. The first-order valence-corrected chi connectivity index (χ1v) is 7.47. The first-order valence-electron chi connectivity index (χ1n) is 6.47. The summed E-state index contributed by atoms with van der Waals surface area (Å²) < 4.78 is 10.5. The van der Waals surface area contributed by atoms with E-state index in [2.05, 4.69) is 0 Å². The van der Waals surface area contributed by atoms with Crippen LogP contribution < -0.4 is 15.3 Å². The molecule has 0 saturated carbocycles. The third-order valence-corrected chi connectivity index (χ3v) is 4.31. The standard InChI is InChI=1S/C16H19O3P/c1-12(17)13-7-3-5-9-15(13)20-16-10-6-4-8-14(16)19-11-18-2/h3-10,12,17,20H,11H2,1-2H3. The van der Waals surface area contributed by atoms with Gasteiger partial charge in [-0.3, -0.25) is 0 Å². The minimum Gasteiger partial charge on any atom is -0.467 e. The van der Waals surface area contributed by atoms with Crippen molar-refractivity contribution in [2.45, 2.75) is 13.0 Å². The lowest BCUT2D eigenvalue weighted by molar-refractivity contribution is 0.0519. The van der Waals surface area contributed by atoms with Gasteiger partial charge in [0.2, 0.25) is 0 Å². The van der Waals surface area contributed by atoms with Gasteiger partial charge in [0, 0.05) is 12.4 Å². The molecule has 0 aliphatic heterocycles. The lowest BCUT2D eigenvalue weighted by Crippen LogP contribution is -2.13. The van der Waals surface area contributed by atoms with Crippen LogP contribution in [-0.4, -0.2) is 19.0 Å². The van der Waals surface area contributed by atoms with Gasteiger partial charge in [0.05, 0.1) is 6.10 Å². The van der Waals surface area contributed by atoms with Crippen LogP contribution in [0.2, 0.25) is 0 Å². The second-order valence-electron chi connectivity index (χ2n) is 4.44. The third kappa shape index (κ3) is 3.80. The molecule has 0 aromatic heterocycles. The van der Waals surface area contributed by atoms with Crippen LogP contribution in [0.15, 0.2) is 48.5 Å². The Hall–Kier alpha value is -1.41. The second-order valence-corrected chi connectivity index (χ2v) is 5.76. The maximum absolute atomic E-state index is 9.85. The Morgan fingerprint density at radius 3 is 2.40 bits per heavy atom. The van der Waals surface area contributed by atoms with Crippen LogP contribution in [0.25, 0.3) is 0 Å². The number of benzene rings is 2. The van der Waals surface area contributed by atoms with E-state index < -0.39 is 6.10 Å². The van der Waals surface area contributed by atoms with Gasteiger partial charge in [-0.25, -0.2) is 0 Å². The Kier molecular flexibility index (Phi) is 5.54. The molecule has 0 radical (unpaired) electrons. The number of ether oxygens (including phenoxy) is 2. The smallest absolute Gasteiger partial charge is 0.188 e. The summed E-state index contributed by atoms with van der Waals surface area (Å²) in [7, 11) is 2.04. The maximum atomic E-state index is 9.85. The molecule has 106 valence electrons. The molecule has 4 heteroatoms. The van der Waals surface area contributed by atoms with Crippen LogP contribution in [-0.2, 0) is 4.74 Å². The van der Waals surface area contributed by atoms with E-state index in [1.807, 2.05) is 48.5 Å². The van der Waals surface area contributed by atoms with Crippen LogP contribution >= 0.6 is 8.58 Å². The summed E-state index contributed by atoms with van der Waals surface area (Å²) in [4.78, 5) is 0. The van der Waals surface area contributed by atoms with Crippen molar-refractivity contribution in [1.82, 2.24) is 0 Å². The van der Waals surface area contributed by atoms with E-state index >= 15 is 0 Å². The lowest BCUT2D eigenvalue weighted by atomic mass is 10.1. The van der Waals surface area contributed by atoms with Gasteiger partial charge >= 0.3 is 0 Å². The normalized spacial score (nSPS) is 12.8. The molecule has 3 nitrogen and oxygen atoms in total. The van der Waals surface area contributed by atoms with Gasteiger partial charge in [0.25, 0.3) is 0 Å². The van der Waals surface area contributed by atoms with Crippen LogP contribution in [0, 0.1) is 0 Å². The SMILES string of the molecule is COCOc1ccccc1Pc1ccccc1C(C)O. The topological polar surface area (TPSA) is 38.7 Å². The molecule has 0 spiro atoms. The highest BCUT2D eigenvalue weighted by Crippen LogP contribution is 2.23. The molecule has 0 aliphatic rings. The quantitative estimate of drug-likeness (QED) is 0.655. The van der Waals surface area contributed by atoms with E-state index in [1.165, 1.54) is 0 Å². The molecular weight excluding hydrogens is 271 g/mol. The summed E-state index contributed by atoms with van der Waals surface area (Å²) in [6.07, 6.45) is -0.467. The Labute approximate surface area is 121 Å². The molecule has 0 bridgehead atoms. The highest BCUT2D eigenvalue weighted by molar-refractivity contribution is 7.55. The summed E-state index contributed by atoms with van der Waals surface area (Å²) in [5.41, 5.74) is 0.965. The van der Waals surface area contributed by atoms with E-state index in [1.54, 1.807) is 14.0 Å². The Balaban J connectivity index is 2.26. The van der Waals surface area contributed by atoms with Crippen LogP contribution in [0.5, 0.6) is 5.75 Å². The van der Waals surface area contributed by atoms with E-state index in [9.17, 15) is 5.11 Å². The molecule has 1 N–H and O–H groups in total. The fraction of sp³-hybridized carbons (Fsp3) is 0.250. The summed E-state index contributed by atoms with van der Waals surface area (Å²) in [6.45, 7) is 2.02. The van der Waals surface area contributed by atoms with Gasteiger partial charge in [0.15, 0.2) is 6.79 Å². The molecule has 0 aliphatic carbocycles. The summed E-state index contributed by atoms with van der Waals surface area (Å²) in [5, 5.41) is 12.1. The average molecular weight is 290 g/mol. The van der Waals surface area contributed by atoms with E-state index in [4.69, 9.17) is 9.47 Å². The molecule has 0 saturated heterocycles. The minimum absolute atomic E-state index is 0.236. The number of para-hydroxylation sites is 1. The monoisotopic (exact) mass is 290 g/mol. The second kappa shape index (κ2) is 7.39. The highest BCUT2D eigenvalue weighted by atomic mass is 31.1. The Morgan fingerprint density at radius 1 is 1.05 bits per heavy atom. The van der Waals surface area contributed by atoms with Crippen molar-refractivity contribution in [2.75, 3.05) is 13.9 Å². The van der Waals surface area contributed by atoms with Crippen LogP contribution in [0.3, 0.4) is 0 Å². The Bertz CT molecular complexity index is 555. The number of methoxy groups -OCH3 is 1. The van der Waals surface area contributed by atoms with E-state index in [-0.39, 0.29) is 6.79 Å². The fourth-order valence-corrected chi connectivity index (χ4v) is 3.30. The van der Waals surface area contributed by atoms with Gasteiger partial charge in [-0.1, -0.05) is 51.0 Å². The zero-order valence-electron chi connectivity index (χ0n) is 11.7. The number of aliphatic hydroxyl groups excluding tert-OH is 1. The average Bonchev–Trinajstić information content (AvgIpc) is 2.47. The van der Waals surface area contributed by atoms with Gasteiger partial charge in [-0.2, -0.15) is 0 Å². The number of hydrogen-bond acceptors (Lipinski definition) is 3. The minimum atomic E-state index is -0.467.